The van der Waals surface area contributed by atoms with E-state index in [2.05, 4.69) is 5.32 Å². The Bertz CT molecular complexity index is 464. The second-order valence-electron chi connectivity index (χ2n) is 4.90. The molecule has 0 spiro atoms. The van der Waals surface area contributed by atoms with Gasteiger partial charge in [-0.1, -0.05) is 36.0 Å². The van der Waals surface area contributed by atoms with Crippen LogP contribution < -0.4 is 5.32 Å². The second kappa shape index (κ2) is 6.83. The third kappa shape index (κ3) is 3.77. The van der Waals surface area contributed by atoms with Crippen LogP contribution in [0.3, 0.4) is 0 Å². The smallest absolute Gasteiger partial charge is 0.253 e. The van der Waals surface area contributed by atoms with E-state index in [9.17, 15) is 4.79 Å². The highest BCUT2D eigenvalue weighted by molar-refractivity contribution is 6.36. The lowest BCUT2D eigenvalue weighted by Gasteiger charge is -2.30. The fourth-order valence-corrected chi connectivity index (χ4v) is 3.37. The molecule has 19 heavy (non-hydrogen) atoms. The molecule has 2 rings (SSSR count). The van der Waals surface area contributed by atoms with Crippen molar-refractivity contribution in [1.82, 2.24) is 5.32 Å². The highest BCUT2D eigenvalue weighted by Gasteiger charge is 2.26. The van der Waals surface area contributed by atoms with E-state index in [1.165, 1.54) is 6.42 Å². The van der Waals surface area contributed by atoms with Crippen molar-refractivity contribution in [3.63, 3.8) is 0 Å². The van der Waals surface area contributed by atoms with Crippen molar-refractivity contribution in [3.05, 3.63) is 33.8 Å². The van der Waals surface area contributed by atoms with Crippen molar-refractivity contribution in [2.75, 3.05) is 5.88 Å². The van der Waals surface area contributed by atoms with Crippen LogP contribution in [0.1, 0.15) is 36.0 Å². The number of rotatable bonds is 3. The van der Waals surface area contributed by atoms with Crippen molar-refractivity contribution in [2.24, 2.45) is 5.92 Å². The van der Waals surface area contributed by atoms with Crippen LogP contribution in [0, 0.1) is 5.92 Å². The van der Waals surface area contributed by atoms with Gasteiger partial charge in [-0.15, -0.1) is 11.6 Å². The highest BCUT2D eigenvalue weighted by atomic mass is 35.5. The largest absolute Gasteiger partial charge is 0.349 e. The first kappa shape index (κ1) is 15.0. The Labute approximate surface area is 128 Å². The van der Waals surface area contributed by atoms with E-state index in [1.807, 2.05) is 0 Å². The maximum absolute atomic E-state index is 12.2. The average Bonchev–Trinajstić information content (AvgIpc) is 2.39. The molecule has 1 aromatic carbocycles. The van der Waals surface area contributed by atoms with Gasteiger partial charge in [0.1, 0.15) is 0 Å². The molecule has 1 N–H and O–H groups in total. The third-order valence-corrected chi connectivity index (χ3v) is 4.54. The number of benzene rings is 1. The summed E-state index contributed by atoms with van der Waals surface area (Å²) < 4.78 is 0. The van der Waals surface area contributed by atoms with Crippen LogP contribution in [0.2, 0.25) is 10.0 Å². The number of hydrogen-bond donors (Lipinski definition) is 1. The van der Waals surface area contributed by atoms with Crippen LogP contribution in [0.25, 0.3) is 0 Å². The van der Waals surface area contributed by atoms with Crippen molar-refractivity contribution in [1.29, 1.82) is 0 Å². The first-order valence-corrected chi connectivity index (χ1v) is 7.72. The molecule has 0 radical (unpaired) electrons. The molecular weight excluding hydrogens is 305 g/mol. The van der Waals surface area contributed by atoms with Gasteiger partial charge in [0.2, 0.25) is 0 Å². The molecule has 0 bridgehead atoms. The van der Waals surface area contributed by atoms with E-state index in [-0.39, 0.29) is 11.9 Å². The Balaban J connectivity index is 2.07. The summed E-state index contributed by atoms with van der Waals surface area (Å²) in [4.78, 5) is 12.2. The molecule has 0 aliphatic heterocycles. The molecule has 1 saturated carbocycles. The van der Waals surface area contributed by atoms with E-state index in [0.29, 0.717) is 27.4 Å². The minimum atomic E-state index is -0.149. The molecule has 104 valence electrons. The summed E-state index contributed by atoms with van der Waals surface area (Å²) in [6, 6.07) is 5.05. The predicted octanol–water partition coefficient (Wildman–Crippen LogP) is 4.52. The third-order valence-electron chi connectivity index (χ3n) is 3.60. The van der Waals surface area contributed by atoms with Crippen LogP contribution in [0.4, 0.5) is 0 Å². The zero-order valence-corrected chi connectivity index (χ0v) is 12.7. The number of hydrogen-bond acceptors (Lipinski definition) is 1. The van der Waals surface area contributed by atoms with Gasteiger partial charge in [-0.05, 0) is 37.0 Å². The lowest BCUT2D eigenvalue weighted by molar-refractivity contribution is 0.0911. The molecule has 0 saturated heterocycles. The lowest BCUT2D eigenvalue weighted by Crippen LogP contribution is -2.42. The van der Waals surface area contributed by atoms with Gasteiger partial charge in [-0.2, -0.15) is 0 Å². The van der Waals surface area contributed by atoms with Crippen LogP contribution in [-0.4, -0.2) is 17.8 Å². The van der Waals surface area contributed by atoms with E-state index < -0.39 is 0 Å². The summed E-state index contributed by atoms with van der Waals surface area (Å²) >= 11 is 17.8. The van der Waals surface area contributed by atoms with E-state index in [4.69, 9.17) is 34.8 Å². The molecule has 5 heteroatoms. The topological polar surface area (TPSA) is 29.1 Å². The number of nitrogens with one attached hydrogen (secondary N) is 1. The highest BCUT2D eigenvalue weighted by Crippen LogP contribution is 2.26. The molecule has 2 atom stereocenters. The molecule has 2 nitrogen and oxygen atoms in total. The van der Waals surface area contributed by atoms with E-state index >= 15 is 0 Å². The van der Waals surface area contributed by atoms with E-state index in [0.717, 1.165) is 19.3 Å². The van der Waals surface area contributed by atoms with Crippen molar-refractivity contribution in [2.45, 2.75) is 31.7 Å². The van der Waals surface area contributed by atoms with Gasteiger partial charge < -0.3 is 5.32 Å². The first-order valence-electron chi connectivity index (χ1n) is 6.43. The SMILES string of the molecule is O=C(NC1CCCCC1CCl)c1ccc(Cl)cc1Cl. The van der Waals surface area contributed by atoms with Crippen LogP contribution in [-0.2, 0) is 0 Å². The van der Waals surface area contributed by atoms with Gasteiger partial charge >= 0.3 is 0 Å². The van der Waals surface area contributed by atoms with Crippen LogP contribution in [0.5, 0.6) is 0 Å². The molecule has 1 aliphatic rings. The fraction of sp³-hybridized carbons (Fsp3) is 0.500. The van der Waals surface area contributed by atoms with Gasteiger partial charge in [-0.3, -0.25) is 4.79 Å². The maximum Gasteiger partial charge on any atom is 0.253 e. The second-order valence-corrected chi connectivity index (χ2v) is 6.06. The standard InChI is InChI=1S/C14H16Cl3NO/c15-8-9-3-1-2-4-13(9)18-14(19)11-6-5-10(16)7-12(11)17/h5-7,9,13H,1-4,8H2,(H,18,19). The van der Waals surface area contributed by atoms with Crippen molar-refractivity contribution in [3.8, 4) is 0 Å². The molecule has 2 unspecified atom stereocenters. The Hall–Kier alpha value is -0.440. The van der Waals surface area contributed by atoms with Crippen LogP contribution >= 0.6 is 34.8 Å². The van der Waals surface area contributed by atoms with E-state index in [1.54, 1.807) is 18.2 Å². The Morgan fingerprint density at radius 1 is 1.26 bits per heavy atom. The zero-order valence-electron chi connectivity index (χ0n) is 10.5. The molecule has 1 amide bonds. The first-order chi connectivity index (χ1) is 9.11. The Kier molecular flexibility index (Phi) is 5.37. The minimum Gasteiger partial charge on any atom is -0.349 e. The summed E-state index contributed by atoms with van der Waals surface area (Å²) in [6.07, 6.45) is 4.37. The number of carbonyl (C=O) groups excluding carboxylic acids is 1. The summed E-state index contributed by atoms with van der Waals surface area (Å²) in [5.74, 6) is 0.786. The molecule has 0 aromatic heterocycles. The van der Waals surface area contributed by atoms with Crippen molar-refractivity contribution < 1.29 is 4.79 Å². The summed E-state index contributed by atoms with van der Waals surface area (Å²) in [5.41, 5.74) is 0.463. The van der Waals surface area contributed by atoms with Gasteiger partial charge in [0.05, 0.1) is 10.6 Å². The maximum atomic E-state index is 12.2. The quantitative estimate of drug-likeness (QED) is 0.815. The summed E-state index contributed by atoms with van der Waals surface area (Å²) in [7, 11) is 0. The molecule has 0 heterocycles. The average molecular weight is 321 g/mol. The molecule has 1 aromatic rings. The number of halogens is 3. The molecule has 1 aliphatic carbocycles. The van der Waals surface area contributed by atoms with Gasteiger partial charge in [0.25, 0.3) is 5.91 Å². The van der Waals surface area contributed by atoms with Crippen molar-refractivity contribution >= 4 is 40.7 Å². The van der Waals surface area contributed by atoms with Crippen LogP contribution in [0.15, 0.2) is 18.2 Å². The normalized spacial score (nSPS) is 23.1. The summed E-state index contributed by atoms with van der Waals surface area (Å²) in [6.45, 7) is 0. The van der Waals surface area contributed by atoms with Gasteiger partial charge in [0, 0.05) is 16.9 Å². The lowest BCUT2D eigenvalue weighted by atomic mass is 9.85. The zero-order chi connectivity index (χ0) is 13.8. The Morgan fingerprint density at radius 2 is 2.00 bits per heavy atom. The van der Waals surface area contributed by atoms with Gasteiger partial charge in [0.15, 0.2) is 0 Å². The fourth-order valence-electron chi connectivity index (χ4n) is 2.50. The summed E-state index contributed by atoms with van der Waals surface area (Å²) in [5, 5.41) is 3.95. The minimum absolute atomic E-state index is 0.144. The van der Waals surface area contributed by atoms with Gasteiger partial charge in [-0.25, -0.2) is 0 Å². The predicted molar refractivity (Wildman–Crippen MR) is 80.4 cm³/mol. The Morgan fingerprint density at radius 3 is 2.68 bits per heavy atom. The molecular formula is C14H16Cl3NO. The number of carbonyl (C=O) groups is 1. The molecule has 1 fully saturated rings. The monoisotopic (exact) mass is 319 g/mol. The number of alkyl halides is 1. The number of amides is 1.